The van der Waals surface area contributed by atoms with Gasteiger partial charge in [-0.15, -0.1) is 0 Å². The number of carboxylic acid groups (broad SMARTS) is 1. The molecule has 8 heterocycles. The monoisotopic (exact) mass is 1840 g/mol. The van der Waals surface area contributed by atoms with Crippen LogP contribution in [0.2, 0.25) is 5.02 Å². The number of ether oxygens (including phenoxy) is 8. The van der Waals surface area contributed by atoms with Crippen LogP contribution in [-0.2, 0) is 62.0 Å². The first-order chi connectivity index (χ1) is 62.0. The Hall–Kier alpha value is -9.61. The fourth-order valence-electron chi connectivity index (χ4n) is 17.8. The normalized spacial score (nSPS) is 29.1. The van der Waals surface area contributed by atoms with E-state index in [9.17, 15) is 65.4 Å². The summed E-state index contributed by atoms with van der Waals surface area (Å²) >= 11 is 7.27. The third kappa shape index (κ3) is 24.8. The van der Waals surface area contributed by atoms with Gasteiger partial charge in [-0.05, 0) is 150 Å². The predicted molar refractivity (Wildman–Crippen MR) is 474 cm³/mol. The number of benzene rings is 5. The molecule has 13 rings (SSSR count). The largest absolute Gasteiger partial charge is 0.508 e. The number of aliphatic hydroxyl groups is 6. The Morgan fingerprint density at radius 3 is 1.72 bits per heavy atom. The minimum absolute atomic E-state index is 0.00966. The quantitative estimate of drug-likeness (QED) is 0.0178. The lowest BCUT2D eigenvalue weighted by molar-refractivity contribution is -0.334. The van der Waals surface area contributed by atoms with Crippen molar-refractivity contribution in [3.05, 3.63) is 118 Å². The molecule has 36 nitrogen and oxygen atoms in total. The van der Waals surface area contributed by atoms with Gasteiger partial charge in [0.25, 0.3) is 0 Å². The van der Waals surface area contributed by atoms with Crippen LogP contribution in [-0.4, -0.2) is 228 Å². The van der Waals surface area contributed by atoms with E-state index in [0.29, 0.717) is 13.1 Å². The molecule has 0 saturated carbocycles. The zero-order chi connectivity index (χ0) is 94.2. The van der Waals surface area contributed by atoms with Gasteiger partial charge in [0.15, 0.2) is 36.2 Å². The van der Waals surface area contributed by atoms with Crippen LogP contribution in [0.5, 0.6) is 46.0 Å². The first-order valence-corrected chi connectivity index (χ1v) is 45.6. The molecular formula is C93H129ClN10O26. The van der Waals surface area contributed by atoms with E-state index >= 15 is 24.0 Å². The number of halogens is 1. The lowest BCUT2D eigenvalue weighted by atomic mass is 9.84. The van der Waals surface area contributed by atoms with Crippen LogP contribution >= 0.6 is 11.6 Å². The lowest BCUT2D eigenvalue weighted by Crippen LogP contribution is -2.65. The Kier molecular flexibility index (Phi) is 35.5. The number of rotatable bonds is 35. The number of carboxylic acids is 1. The number of aliphatic hydroxyl groups excluding tert-OH is 6. The van der Waals surface area contributed by atoms with Gasteiger partial charge in [0.2, 0.25) is 53.4 Å². The molecule has 8 aliphatic heterocycles. The summed E-state index contributed by atoms with van der Waals surface area (Å²) in [6, 6.07) is 2.24. The smallest absolute Gasteiger partial charge is 0.330 e. The summed E-state index contributed by atoms with van der Waals surface area (Å²) in [4.78, 5) is 122. The van der Waals surface area contributed by atoms with Crippen LogP contribution in [0.3, 0.4) is 0 Å². The number of amides is 7. The number of aliphatic carboxylic acids is 1. The fourth-order valence-corrected chi connectivity index (χ4v) is 18.0. The van der Waals surface area contributed by atoms with Gasteiger partial charge in [-0.3, -0.25) is 33.6 Å². The van der Waals surface area contributed by atoms with E-state index in [0.717, 1.165) is 145 Å². The van der Waals surface area contributed by atoms with Gasteiger partial charge in [-0.1, -0.05) is 153 Å². The summed E-state index contributed by atoms with van der Waals surface area (Å²) in [6.45, 7) is 14.8. The van der Waals surface area contributed by atoms with Gasteiger partial charge >= 0.3 is 5.97 Å². The highest BCUT2D eigenvalue weighted by molar-refractivity contribution is 6.32. The van der Waals surface area contributed by atoms with E-state index in [1.54, 1.807) is 27.7 Å². The second-order valence-electron chi connectivity index (χ2n) is 35.8. The highest BCUT2D eigenvalue weighted by atomic mass is 35.5. The van der Waals surface area contributed by atoms with Gasteiger partial charge in [-0.25, -0.2) is 4.79 Å². The summed E-state index contributed by atoms with van der Waals surface area (Å²) in [5, 5.41) is 143. The molecule has 7 amide bonds. The molecule has 5 aromatic carbocycles. The number of primary amides is 1. The zero-order valence-electron chi connectivity index (χ0n) is 74.9. The molecule has 8 aliphatic rings. The highest BCUT2D eigenvalue weighted by Gasteiger charge is 2.53. The molecule has 1 unspecified atom stereocenters. The predicted octanol–water partition coefficient (Wildman–Crippen LogP) is 7.23. The van der Waals surface area contributed by atoms with Crippen molar-refractivity contribution in [3.63, 3.8) is 0 Å². The maximum Gasteiger partial charge on any atom is 0.330 e. The van der Waals surface area contributed by atoms with Crippen molar-refractivity contribution in [2.45, 2.75) is 317 Å². The molecule has 22 atom stereocenters. The summed E-state index contributed by atoms with van der Waals surface area (Å²) in [5.74, 6) is -15.1. The number of fused-ring (bicyclic) bond motifs is 15. The molecular weight excluding hydrogens is 1710 g/mol. The second kappa shape index (κ2) is 45.7. The molecule has 0 aromatic heterocycles. The Labute approximate surface area is 760 Å². The van der Waals surface area contributed by atoms with E-state index in [-0.39, 0.29) is 58.4 Å². The van der Waals surface area contributed by atoms with Crippen molar-refractivity contribution in [3.8, 4) is 57.1 Å². The number of likely N-dealkylation sites (N-methyl/N-ethyl adjacent to an activating group) is 1. The number of hydrogen-bond donors (Lipinski definition) is 20. The molecule has 0 aliphatic carbocycles. The van der Waals surface area contributed by atoms with Crippen molar-refractivity contribution in [2.75, 3.05) is 26.7 Å². The summed E-state index contributed by atoms with van der Waals surface area (Å²) in [6.07, 6.45) is -4.92. The van der Waals surface area contributed by atoms with Crippen LogP contribution in [0.1, 0.15) is 242 Å². The average Bonchev–Trinajstić information content (AvgIpc) is 0.765. The minimum Gasteiger partial charge on any atom is -0.508 e. The van der Waals surface area contributed by atoms with Gasteiger partial charge in [0.05, 0.1) is 48.5 Å². The maximum atomic E-state index is 16.7. The van der Waals surface area contributed by atoms with Crippen molar-refractivity contribution >= 4 is 58.9 Å². The lowest BCUT2D eigenvalue weighted by Gasteiger charge is -2.48. The van der Waals surface area contributed by atoms with Gasteiger partial charge in [0.1, 0.15) is 89.5 Å². The molecule has 130 heavy (non-hydrogen) atoms. The number of aromatic hydroxyl groups is 3. The van der Waals surface area contributed by atoms with E-state index in [4.69, 9.17) is 55.2 Å². The molecule has 37 heteroatoms. The Bertz CT molecular complexity index is 4750. The first kappa shape index (κ1) is 101. The van der Waals surface area contributed by atoms with Crippen molar-refractivity contribution in [1.29, 1.82) is 0 Å². The van der Waals surface area contributed by atoms with Crippen LogP contribution in [0.15, 0.2) is 84.9 Å². The Balaban J connectivity index is 1.12. The first-order valence-electron chi connectivity index (χ1n) is 45.3. The number of phenols is 3. The number of nitrogens with two attached hydrogens (primary N) is 1. The van der Waals surface area contributed by atoms with Crippen molar-refractivity contribution < 1.29 is 127 Å². The standard InChI is InChI=1S/C93H129ClN10O26/c1-10-12-14-16-18-20-22-24-34-97-92(7)44-68(123-48(5)82(92)113)128-79-50-26-30-55(31-27-50)125-64-39-53-40-65(80(64)130-91-81(78(112)77(111)66(46-105)127-91)129-69-45-93(8,83(114)49(6)124-69)98-35-25-23-21-19-17-15-13-11-2)126-63-33-29-52(38-58(63)94)76(110)74(103-84(115)59(96-9)36-47(3)4)88(119)99-60(43-67(95)109)85(116)100-72(53)87(118)101-71-51-28-32-61(107)56(37-51)70-57(41-54(106)42-62(70)108)73(90(121)122)102-89(120)75(79)104-86(71)117/h26-33,37-42,47-49,59-60,66,68-69,71-79,81-83,91,96-98,105-108,110-114H,10-25,34-36,43-46H2,1-9H3,(H2,95,109)(H,99,119)(H,100,116)(H,101,118)(H,102,120)(H,103,115)(H,104,117)(H,121,122)/t48-,49-,59+,60-,66+,68-,69-,71+,72+,73?,74+,75-,76+,77+,78-,79+,81+,82-,83-,91-,92-,93-/m0/s1. The highest BCUT2D eigenvalue weighted by Crippen LogP contribution is 2.50. The molecule has 5 aromatic rings. The number of hydrogen-bond acceptors (Lipinski definition) is 28. The second-order valence-corrected chi connectivity index (χ2v) is 36.2. The molecule has 11 bridgehead atoms. The zero-order valence-corrected chi connectivity index (χ0v) is 75.7. The third-order valence-corrected chi connectivity index (χ3v) is 25.4. The molecule has 3 fully saturated rings. The third-order valence-electron chi connectivity index (χ3n) is 25.1. The van der Waals surface area contributed by atoms with E-state index in [2.05, 4.69) is 61.7 Å². The minimum atomic E-state index is -2.34. The van der Waals surface area contributed by atoms with Gasteiger partial charge in [-0.2, -0.15) is 0 Å². The molecule has 714 valence electrons. The number of nitrogens with one attached hydrogen (secondary N) is 9. The SMILES string of the molecule is CCCCCCCCCCN[C@@]1(C)C[C@H](O[C@H]2[C@H](Oc3c4cc5cc3Oc3ccc(cc3Cl)[C@@H](O)[C@@H](NC(=O)[C@@H](CC(C)C)NC)C(=O)N[C@@H](CC(N)=O)C(=O)N[C@H]5C(=O)N[C@H]3C(=O)N[C@H](C(=O)NC(C(=O)O)c5cc(O)cc(O)c5-c5cc3ccc5O)[C@H](O[C@H]3C[C@](C)(NCCCCCCCCCC)[C@@H](O)[C@H](C)O3)c3ccc(cc3)O4)O[C@H](CO)[C@@H](O)[C@@H]2O)O[C@@H](C)[C@@H]1O. The number of carbonyl (C=O) groups excluding carboxylic acids is 7. The molecule has 3 saturated heterocycles. The molecule has 21 N–H and O–H groups in total. The number of phenolic OH excluding ortho intramolecular Hbond substituents is 3. The van der Waals surface area contributed by atoms with E-state index in [1.165, 1.54) is 49.5 Å². The maximum absolute atomic E-state index is 16.7. The summed E-state index contributed by atoms with van der Waals surface area (Å²) < 4.78 is 53.8. The summed E-state index contributed by atoms with van der Waals surface area (Å²) in [5.41, 5.74) is 1.26. The Morgan fingerprint density at radius 1 is 0.600 bits per heavy atom. The van der Waals surface area contributed by atoms with E-state index in [1.807, 2.05) is 13.8 Å². The van der Waals surface area contributed by atoms with Crippen LogP contribution in [0.4, 0.5) is 0 Å². The van der Waals surface area contributed by atoms with E-state index < -0.39 is 250 Å². The van der Waals surface area contributed by atoms with Crippen LogP contribution in [0, 0.1) is 5.92 Å². The Morgan fingerprint density at radius 2 is 1.15 bits per heavy atom. The molecule has 0 spiro atoms. The van der Waals surface area contributed by atoms with Gasteiger partial charge in [0, 0.05) is 46.7 Å². The summed E-state index contributed by atoms with van der Waals surface area (Å²) in [7, 11) is 1.49. The van der Waals surface area contributed by atoms with Crippen molar-refractivity contribution in [1.82, 2.24) is 47.9 Å². The number of unbranched alkanes of at least 4 members (excludes halogenated alkanes) is 14. The topological polar surface area (TPSA) is 547 Å². The fraction of sp³-hybridized carbons (Fsp3) is 0.591. The average molecular weight is 1840 g/mol. The van der Waals surface area contributed by atoms with Gasteiger partial charge < -0.3 is 143 Å². The van der Waals surface area contributed by atoms with Crippen LogP contribution < -0.4 is 67.8 Å². The van der Waals surface area contributed by atoms with Crippen LogP contribution in [0.25, 0.3) is 11.1 Å². The number of carbonyl (C=O) groups is 8. The van der Waals surface area contributed by atoms with Crippen molar-refractivity contribution in [2.24, 2.45) is 11.7 Å². The molecule has 0 radical (unpaired) electrons.